The van der Waals surface area contributed by atoms with Crippen molar-refractivity contribution in [1.29, 1.82) is 0 Å². The molecule has 0 radical (unpaired) electrons. The van der Waals surface area contributed by atoms with Gasteiger partial charge in [0.1, 0.15) is 11.6 Å². The highest BCUT2D eigenvalue weighted by Crippen LogP contribution is 2.21. The van der Waals surface area contributed by atoms with Crippen molar-refractivity contribution in [2.45, 2.75) is 26.5 Å². The second-order valence-corrected chi connectivity index (χ2v) is 4.00. The molecular formula is C12H14FN3O2. The molecule has 0 amide bonds. The van der Waals surface area contributed by atoms with E-state index in [0.717, 1.165) is 0 Å². The van der Waals surface area contributed by atoms with Crippen molar-refractivity contribution in [3.05, 3.63) is 41.3 Å². The van der Waals surface area contributed by atoms with Gasteiger partial charge in [-0.25, -0.2) is 4.39 Å². The fourth-order valence-electron chi connectivity index (χ4n) is 1.51. The Morgan fingerprint density at radius 3 is 2.83 bits per heavy atom. The van der Waals surface area contributed by atoms with Crippen LogP contribution in [0.25, 0.3) is 0 Å². The molecule has 2 rings (SSSR count). The maximum absolute atomic E-state index is 13.6. The molecule has 0 saturated carbocycles. The largest absolute Gasteiger partial charge is 0.484 e. The molecule has 1 aromatic carbocycles. The second kappa shape index (κ2) is 5.14. The third kappa shape index (κ3) is 2.84. The molecule has 0 bridgehead atoms. The van der Waals surface area contributed by atoms with Gasteiger partial charge in [-0.3, -0.25) is 0 Å². The van der Waals surface area contributed by atoms with Crippen LogP contribution in [0, 0.1) is 12.7 Å². The second-order valence-electron chi connectivity index (χ2n) is 4.00. The number of aryl methyl sites for hydroxylation is 1. The molecule has 96 valence electrons. The lowest BCUT2D eigenvalue weighted by atomic mass is 10.1. The van der Waals surface area contributed by atoms with Crippen molar-refractivity contribution in [1.82, 2.24) is 10.1 Å². The summed E-state index contributed by atoms with van der Waals surface area (Å²) in [7, 11) is 0. The number of nitrogens with two attached hydrogens (primary N) is 1. The molecule has 2 aromatic rings. The zero-order valence-electron chi connectivity index (χ0n) is 10.2. The van der Waals surface area contributed by atoms with Crippen molar-refractivity contribution < 1.29 is 13.7 Å². The number of benzene rings is 1. The Hall–Kier alpha value is -1.95. The van der Waals surface area contributed by atoms with Crippen LogP contribution in [-0.4, -0.2) is 10.1 Å². The summed E-state index contributed by atoms with van der Waals surface area (Å²) in [4.78, 5) is 3.98. The standard InChI is InChI=1S/C12H14FN3O2/c1-7(14)10-4-3-9(5-11(10)13)17-6-12-15-8(2)16-18-12/h3-5,7H,6,14H2,1-2H3/t7-/m0/s1. The Morgan fingerprint density at radius 1 is 1.50 bits per heavy atom. The van der Waals surface area contributed by atoms with E-state index in [-0.39, 0.29) is 18.5 Å². The van der Waals surface area contributed by atoms with Crippen LogP contribution in [0.1, 0.15) is 30.2 Å². The van der Waals surface area contributed by atoms with Crippen LogP contribution in [0.3, 0.4) is 0 Å². The summed E-state index contributed by atoms with van der Waals surface area (Å²) in [5.41, 5.74) is 6.07. The Kier molecular flexibility index (Phi) is 3.57. The number of aromatic nitrogens is 2. The van der Waals surface area contributed by atoms with Gasteiger partial charge in [-0.2, -0.15) is 4.98 Å². The van der Waals surface area contributed by atoms with Crippen molar-refractivity contribution in [2.75, 3.05) is 0 Å². The maximum Gasteiger partial charge on any atom is 0.264 e. The van der Waals surface area contributed by atoms with Crippen LogP contribution in [0.15, 0.2) is 22.7 Å². The lowest BCUT2D eigenvalue weighted by Crippen LogP contribution is -2.07. The van der Waals surface area contributed by atoms with E-state index in [1.54, 1.807) is 26.0 Å². The van der Waals surface area contributed by atoms with Gasteiger partial charge in [0.05, 0.1) is 0 Å². The molecule has 0 aliphatic heterocycles. The lowest BCUT2D eigenvalue weighted by molar-refractivity contribution is 0.241. The number of rotatable bonds is 4. The van der Waals surface area contributed by atoms with Gasteiger partial charge in [-0.15, -0.1) is 0 Å². The first-order valence-corrected chi connectivity index (χ1v) is 5.53. The summed E-state index contributed by atoms with van der Waals surface area (Å²) in [5.74, 6) is 0.897. The number of hydrogen-bond acceptors (Lipinski definition) is 5. The normalized spacial score (nSPS) is 12.4. The molecule has 0 aliphatic carbocycles. The molecule has 6 heteroatoms. The van der Waals surface area contributed by atoms with Crippen LogP contribution in [-0.2, 0) is 6.61 Å². The number of hydrogen-bond donors (Lipinski definition) is 1. The zero-order valence-corrected chi connectivity index (χ0v) is 10.2. The molecule has 2 N–H and O–H groups in total. The van der Waals surface area contributed by atoms with Gasteiger partial charge < -0.3 is 15.0 Å². The van der Waals surface area contributed by atoms with Gasteiger partial charge >= 0.3 is 0 Å². The summed E-state index contributed by atoms with van der Waals surface area (Å²) in [6, 6.07) is 4.21. The first kappa shape index (κ1) is 12.5. The number of nitrogens with zero attached hydrogens (tertiary/aromatic N) is 2. The monoisotopic (exact) mass is 251 g/mol. The third-order valence-electron chi connectivity index (χ3n) is 2.39. The van der Waals surface area contributed by atoms with Gasteiger partial charge in [0, 0.05) is 17.7 Å². The quantitative estimate of drug-likeness (QED) is 0.900. The predicted molar refractivity (Wildman–Crippen MR) is 62.4 cm³/mol. The van der Waals surface area contributed by atoms with Crippen molar-refractivity contribution in [3.8, 4) is 5.75 Å². The van der Waals surface area contributed by atoms with Gasteiger partial charge in [0.25, 0.3) is 5.89 Å². The van der Waals surface area contributed by atoms with E-state index in [1.165, 1.54) is 6.07 Å². The van der Waals surface area contributed by atoms with Crippen LogP contribution in [0.5, 0.6) is 5.75 Å². The molecule has 0 spiro atoms. The first-order valence-electron chi connectivity index (χ1n) is 5.53. The van der Waals surface area contributed by atoms with E-state index >= 15 is 0 Å². The summed E-state index contributed by atoms with van der Waals surface area (Å²) < 4.78 is 23.8. The average molecular weight is 251 g/mol. The van der Waals surface area contributed by atoms with E-state index in [1.807, 2.05) is 0 Å². The molecule has 5 nitrogen and oxygen atoms in total. The molecule has 1 heterocycles. The fourth-order valence-corrected chi connectivity index (χ4v) is 1.51. The molecule has 1 atom stereocenters. The minimum atomic E-state index is -0.385. The molecule has 0 aliphatic rings. The van der Waals surface area contributed by atoms with Crippen LogP contribution in [0.4, 0.5) is 4.39 Å². The van der Waals surface area contributed by atoms with E-state index < -0.39 is 0 Å². The Labute approximate surface area is 104 Å². The minimum Gasteiger partial charge on any atom is -0.484 e. The van der Waals surface area contributed by atoms with Crippen LogP contribution < -0.4 is 10.5 Å². The van der Waals surface area contributed by atoms with Crippen LogP contribution >= 0.6 is 0 Å². The topological polar surface area (TPSA) is 74.2 Å². The summed E-state index contributed by atoms with van der Waals surface area (Å²) in [6.45, 7) is 3.54. The summed E-state index contributed by atoms with van der Waals surface area (Å²) in [6.07, 6.45) is 0. The minimum absolute atomic E-state index is 0.109. The first-order chi connectivity index (χ1) is 8.56. The maximum atomic E-state index is 13.6. The highest BCUT2D eigenvalue weighted by molar-refractivity contribution is 5.30. The number of ether oxygens (including phenoxy) is 1. The SMILES string of the molecule is Cc1noc(COc2ccc([C@H](C)N)c(F)c2)n1. The predicted octanol–water partition coefficient (Wildman–Crippen LogP) is 2.12. The van der Waals surface area contributed by atoms with Crippen molar-refractivity contribution in [2.24, 2.45) is 5.73 Å². The molecule has 18 heavy (non-hydrogen) atoms. The molecule has 0 saturated heterocycles. The summed E-state index contributed by atoms with van der Waals surface area (Å²) in [5, 5.41) is 3.63. The Bertz CT molecular complexity index is 540. The molecular weight excluding hydrogens is 237 g/mol. The van der Waals surface area contributed by atoms with Crippen molar-refractivity contribution >= 4 is 0 Å². The van der Waals surface area contributed by atoms with E-state index in [4.69, 9.17) is 15.0 Å². The number of halogens is 1. The Balaban J connectivity index is 2.04. The van der Waals surface area contributed by atoms with E-state index in [9.17, 15) is 4.39 Å². The third-order valence-corrected chi connectivity index (χ3v) is 2.39. The average Bonchev–Trinajstić information content (AvgIpc) is 2.72. The van der Waals surface area contributed by atoms with Gasteiger partial charge in [0.2, 0.25) is 0 Å². The van der Waals surface area contributed by atoms with Gasteiger partial charge in [-0.1, -0.05) is 11.2 Å². The van der Waals surface area contributed by atoms with Gasteiger partial charge in [0.15, 0.2) is 12.4 Å². The Morgan fingerprint density at radius 2 is 2.28 bits per heavy atom. The lowest BCUT2D eigenvalue weighted by Gasteiger charge is -2.09. The smallest absolute Gasteiger partial charge is 0.264 e. The zero-order chi connectivity index (χ0) is 13.1. The van der Waals surface area contributed by atoms with Crippen molar-refractivity contribution in [3.63, 3.8) is 0 Å². The molecule has 0 fully saturated rings. The van der Waals surface area contributed by atoms with E-state index in [2.05, 4.69) is 10.1 Å². The molecule has 0 unspecified atom stereocenters. The van der Waals surface area contributed by atoms with Gasteiger partial charge in [-0.05, 0) is 19.9 Å². The highest BCUT2D eigenvalue weighted by atomic mass is 19.1. The highest BCUT2D eigenvalue weighted by Gasteiger charge is 2.09. The molecule has 1 aromatic heterocycles. The summed E-state index contributed by atoms with van der Waals surface area (Å²) >= 11 is 0. The van der Waals surface area contributed by atoms with E-state index in [0.29, 0.717) is 23.0 Å². The fraction of sp³-hybridized carbons (Fsp3) is 0.333. The van der Waals surface area contributed by atoms with Crippen LogP contribution in [0.2, 0.25) is 0 Å².